The fraction of sp³-hybridized carbons (Fsp3) is 0.267. The van der Waals surface area contributed by atoms with Crippen molar-refractivity contribution in [1.29, 1.82) is 5.26 Å². The van der Waals surface area contributed by atoms with Crippen molar-refractivity contribution in [3.63, 3.8) is 0 Å². The minimum atomic E-state index is 0.129. The lowest BCUT2D eigenvalue weighted by molar-refractivity contribution is 0.398. The third kappa shape index (κ3) is 2.73. The Morgan fingerprint density at radius 2 is 2.05 bits per heavy atom. The molecule has 0 amide bonds. The number of hydrogen-bond donors (Lipinski definition) is 1. The zero-order valence-electron chi connectivity index (χ0n) is 11.4. The fourth-order valence-corrected chi connectivity index (χ4v) is 2.08. The van der Waals surface area contributed by atoms with Gasteiger partial charge < -0.3 is 10.5 Å². The predicted octanol–water partition coefficient (Wildman–Crippen LogP) is 4.36. The average Bonchev–Trinajstić information content (AvgIpc) is 2.77. The summed E-state index contributed by atoms with van der Waals surface area (Å²) < 4.78 is 7.65. The Labute approximate surface area is 123 Å². The van der Waals surface area contributed by atoms with Crippen LogP contribution in [0.15, 0.2) is 30.3 Å². The lowest BCUT2D eigenvalue weighted by atomic mass is 10.2. The molecule has 2 N–H and O–H groups in total. The normalized spacial score (nSPS) is 11.9. The van der Waals surface area contributed by atoms with Gasteiger partial charge in [-0.1, -0.05) is 18.5 Å². The first kappa shape index (κ1) is 14.3. The van der Waals surface area contributed by atoms with E-state index in [0.29, 0.717) is 28.0 Å². The minimum Gasteiger partial charge on any atom is -0.439 e. The highest BCUT2D eigenvalue weighted by atomic mass is 35.5. The third-order valence-electron chi connectivity index (χ3n) is 3.19. The first-order valence-electron chi connectivity index (χ1n) is 6.41. The van der Waals surface area contributed by atoms with Crippen LogP contribution in [-0.2, 0) is 0 Å². The third-order valence-corrected chi connectivity index (χ3v) is 3.44. The molecule has 0 bridgehead atoms. The summed E-state index contributed by atoms with van der Waals surface area (Å²) in [5.41, 5.74) is 6.92. The van der Waals surface area contributed by atoms with Gasteiger partial charge in [-0.15, -0.1) is 0 Å². The number of aromatic nitrogens is 1. The van der Waals surface area contributed by atoms with E-state index in [1.165, 1.54) is 0 Å². The number of ether oxygens (including phenoxy) is 1. The molecule has 1 aromatic heterocycles. The van der Waals surface area contributed by atoms with E-state index < -0.39 is 0 Å². The van der Waals surface area contributed by atoms with Crippen molar-refractivity contribution in [2.45, 2.75) is 26.3 Å². The standard InChI is InChI=1S/C15H16ClN3O/c1-3-10(2)19-12(9-17)8-14(18)15(19)20-13-6-4-11(16)5-7-13/h4-8,10H,3,18H2,1-2H3. The maximum absolute atomic E-state index is 9.20. The van der Waals surface area contributed by atoms with E-state index in [-0.39, 0.29) is 6.04 Å². The molecule has 104 valence electrons. The Morgan fingerprint density at radius 3 is 2.60 bits per heavy atom. The zero-order chi connectivity index (χ0) is 14.7. The van der Waals surface area contributed by atoms with Gasteiger partial charge in [0.1, 0.15) is 17.5 Å². The van der Waals surface area contributed by atoms with Crippen LogP contribution >= 0.6 is 11.6 Å². The van der Waals surface area contributed by atoms with E-state index >= 15 is 0 Å². The van der Waals surface area contributed by atoms with E-state index in [4.69, 9.17) is 22.1 Å². The summed E-state index contributed by atoms with van der Waals surface area (Å²) in [5.74, 6) is 1.13. The van der Waals surface area contributed by atoms with E-state index in [1.54, 1.807) is 30.3 Å². The van der Waals surface area contributed by atoms with Crippen molar-refractivity contribution in [1.82, 2.24) is 4.57 Å². The van der Waals surface area contributed by atoms with Gasteiger partial charge in [-0.3, -0.25) is 4.57 Å². The highest BCUT2D eigenvalue weighted by molar-refractivity contribution is 6.30. The number of nitriles is 1. The van der Waals surface area contributed by atoms with Crippen molar-refractivity contribution in [3.05, 3.63) is 41.0 Å². The summed E-state index contributed by atoms with van der Waals surface area (Å²) in [6.07, 6.45) is 0.875. The summed E-state index contributed by atoms with van der Waals surface area (Å²) >= 11 is 5.85. The van der Waals surface area contributed by atoms with Gasteiger partial charge in [0, 0.05) is 17.1 Å². The summed E-state index contributed by atoms with van der Waals surface area (Å²) in [7, 11) is 0. The highest BCUT2D eigenvalue weighted by Gasteiger charge is 2.18. The molecule has 1 atom stereocenters. The molecule has 0 aliphatic carbocycles. The maximum Gasteiger partial charge on any atom is 0.224 e. The second-order valence-electron chi connectivity index (χ2n) is 4.59. The first-order valence-corrected chi connectivity index (χ1v) is 6.78. The molecule has 5 heteroatoms. The molecule has 2 rings (SSSR count). The number of rotatable bonds is 4. The SMILES string of the molecule is CCC(C)n1c(C#N)cc(N)c1Oc1ccc(Cl)cc1. The monoisotopic (exact) mass is 289 g/mol. The second-order valence-corrected chi connectivity index (χ2v) is 5.02. The molecule has 1 aromatic carbocycles. The van der Waals surface area contributed by atoms with Crippen LogP contribution in [0, 0.1) is 11.3 Å². The van der Waals surface area contributed by atoms with Gasteiger partial charge in [-0.25, -0.2) is 0 Å². The molecule has 0 radical (unpaired) electrons. The zero-order valence-corrected chi connectivity index (χ0v) is 12.2. The number of benzene rings is 1. The van der Waals surface area contributed by atoms with Gasteiger partial charge in [0.2, 0.25) is 5.88 Å². The average molecular weight is 290 g/mol. The molecule has 0 saturated heterocycles. The topological polar surface area (TPSA) is 64.0 Å². The van der Waals surface area contributed by atoms with Gasteiger partial charge >= 0.3 is 0 Å². The molecule has 0 saturated carbocycles. The van der Waals surface area contributed by atoms with Gasteiger partial charge in [-0.2, -0.15) is 5.26 Å². The highest BCUT2D eigenvalue weighted by Crippen LogP contribution is 2.35. The van der Waals surface area contributed by atoms with E-state index in [2.05, 4.69) is 6.07 Å². The maximum atomic E-state index is 9.20. The molecule has 2 aromatic rings. The van der Waals surface area contributed by atoms with Crippen LogP contribution in [0.3, 0.4) is 0 Å². The van der Waals surface area contributed by atoms with Gasteiger partial charge in [0.15, 0.2) is 0 Å². The number of nitrogens with zero attached hydrogens (tertiary/aromatic N) is 2. The van der Waals surface area contributed by atoms with Crippen molar-refractivity contribution in [2.24, 2.45) is 0 Å². The van der Waals surface area contributed by atoms with E-state index in [1.807, 2.05) is 18.4 Å². The number of anilines is 1. The van der Waals surface area contributed by atoms with Crippen LogP contribution in [0.2, 0.25) is 5.02 Å². The molecule has 0 aliphatic heterocycles. The molecule has 1 heterocycles. The summed E-state index contributed by atoms with van der Waals surface area (Å²) in [5, 5.41) is 9.84. The van der Waals surface area contributed by atoms with Crippen LogP contribution in [0.5, 0.6) is 11.6 Å². The Bertz CT molecular complexity index is 640. The smallest absolute Gasteiger partial charge is 0.224 e. The van der Waals surface area contributed by atoms with E-state index in [0.717, 1.165) is 6.42 Å². The Balaban J connectivity index is 2.43. The molecular weight excluding hydrogens is 274 g/mol. The molecule has 4 nitrogen and oxygen atoms in total. The number of nitrogens with two attached hydrogens (primary N) is 1. The summed E-state index contributed by atoms with van der Waals surface area (Å²) in [6.45, 7) is 4.07. The lowest BCUT2D eigenvalue weighted by Crippen LogP contribution is -2.08. The van der Waals surface area contributed by atoms with Crippen molar-refractivity contribution in [3.8, 4) is 17.7 Å². The van der Waals surface area contributed by atoms with Crippen molar-refractivity contribution < 1.29 is 4.74 Å². The fourth-order valence-electron chi connectivity index (χ4n) is 1.96. The van der Waals surface area contributed by atoms with Crippen LogP contribution in [-0.4, -0.2) is 4.57 Å². The molecule has 0 fully saturated rings. The number of hydrogen-bond acceptors (Lipinski definition) is 3. The summed E-state index contributed by atoms with van der Waals surface area (Å²) in [4.78, 5) is 0. The Hall–Kier alpha value is -2.12. The Kier molecular flexibility index (Phi) is 4.21. The van der Waals surface area contributed by atoms with Gasteiger partial charge in [0.25, 0.3) is 0 Å². The predicted molar refractivity (Wildman–Crippen MR) is 80.1 cm³/mol. The molecule has 1 unspecified atom stereocenters. The molecule has 0 spiro atoms. The van der Waals surface area contributed by atoms with Crippen LogP contribution in [0.4, 0.5) is 5.69 Å². The van der Waals surface area contributed by atoms with Crippen LogP contribution in [0.25, 0.3) is 0 Å². The van der Waals surface area contributed by atoms with Gasteiger partial charge in [0.05, 0.1) is 5.69 Å². The number of nitrogen functional groups attached to an aromatic ring is 1. The molecular formula is C15H16ClN3O. The van der Waals surface area contributed by atoms with Gasteiger partial charge in [-0.05, 0) is 37.6 Å². The minimum absolute atomic E-state index is 0.129. The largest absolute Gasteiger partial charge is 0.439 e. The lowest BCUT2D eigenvalue weighted by Gasteiger charge is -2.17. The van der Waals surface area contributed by atoms with Crippen molar-refractivity contribution in [2.75, 3.05) is 5.73 Å². The molecule has 0 aliphatic rings. The quantitative estimate of drug-likeness (QED) is 0.909. The molecule has 20 heavy (non-hydrogen) atoms. The second kappa shape index (κ2) is 5.89. The van der Waals surface area contributed by atoms with Crippen molar-refractivity contribution >= 4 is 17.3 Å². The van der Waals surface area contributed by atoms with E-state index in [9.17, 15) is 5.26 Å². The Morgan fingerprint density at radius 1 is 1.40 bits per heavy atom. The number of halogens is 1. The van der Waals surface area contributed by atoms with Crippen LogP contribution < -0.4 is 10.5 Å². The van der Waals surface area contributed by atoms with Crippen LogP contribution in [0.1, 0.15) is 32.0 Å². The first-order chi connectivity index (χ1) is 9.56. The summed E-state index contributed by atoms with van der Waals surface area (Å²) in [6, 6.07) is 10.9.